The van der Waals surface area contributed by atoms with Crippen LogP contribution >= 0.6 is 11.3 Å². The minimum absolute atomic E-state index is 0.0818. The highest BCUT2D eigenvalue weighted by atomic mass is 32.2. The summed E-state index contributed by atoms with van der Waals surface area (Å²) in [5.74, 6) is -1.80. The van der Waals surface area contributed by atoms with Gasteiger partial charge in [-0.3, -0.25) is 9.69 Å². The number of anilines is 1. The molecule has 3 rings (SSSR count). The van der Waals surface area contributed by atoms with Gasteiger partial charge in [0.05, 0.1) is 15.1 Å². The fraction of sp³-hybridized carbons (Fsp3) is 0.333. The van der Waals surface area contributed by atoms with Crippen LogP contribution in [0.5, 0.6) is 0 Å². The van der Waals surface area contributed by atoms with Gasteiger partial charge in [-0.25, -0.2) is 17.8 Å². The second-order valence-electron chi connectivity index (χ2n) is 7.21. The fourth-order valence-corrected chi connectivity index (χ4v) is 5.16. The topological polar surface area (TPSA) is 70.6 Å². The number of nitrogens with zero attached hydrogens (tertiary/aromatic N) is 3. The van der Waals surface area contributed by atoms with E-state index in [4.69, 9.17) is 0 Å². The van der Waals surface area contributed by atoms with Gasteiger partial charge in [0.15, 0.2) is 15.0 Å². The number of benzene rings is 2. The molecule has 0 fully saturated rings. The molecule has 0 unspecified atom stereocenters. The SMILES string of the molecule is CCc1ccc2nc(N(CCN(C)C)C(=O)CS(=O)(=O)c3ccc(F)cc3)sc2c1. The first-order valence-electron chi connectivity index (χ1n) is 9.52. The van der Waals surface area contributed by atoms with Crippen molar-refractivity contribution in [3.05, 3.63) is 53.8 Å². The molecule has 3 aromatic rings. The highest BCUT2D eigenvalue weighted by molar-refractivity contribution is 7.92. The molecule has 6 nitrogen and oxygen atoms in total. The molecule has 0 N–H and O–H groups in total. The van der Waals surface area contributed by atoms with Crippen LogP contribution in [0, 0.1) is 5.82 Å². The van der Waals surface area contributed by atoms with Crippen LogP contribution in [0.25, 0.3) is 10.2 Å². The number of aromatic nitrogens is 1. The van der Waals surface area contributed by atoms with Crippen LogP contribution in [0.3, 0.4) is 0 Å². The lowest BCUT2D eigenvalue weighted by atomic mass is 10.2. The van der Waals surface area contributed by atoms with Crippen LogP contribution in [-0.2, 0) is 21.1 Å². The molecule has 9 heteroatoms. The van der Waals surface area contributed by atoms with E-state index >= 15 is 0 Å². The van der Waals surface area contributed by atoms with Gasteiger partial charge in [0.25, 0.3) is 0 Å². The lowest BCUT2D eigenvalue weighted by Gasteiger charge is -2.22. The molecule has 1 heterocycles. The van der Waals surface area contributed by atoms with E-state index in [2.05, 4.69) is 11.9 Å². The maximum Gasteiger partial charge on any atom is 0.244 e. The molecule has 0 aliphatic rings. The Kier molecular flexibility index (Phi) is 6.84. The predicted molar refractivity (Wildman–Crippen MR) is 118 cm³/mol. The summed E-state index contributed by atoms with van der Waals surface area (Å²) in [6.07, 6.45) is 0.891. The first kappa shape index (κ1) is 22.3. The van der Waals surface area contributed by atoms with Crippen molar-refractivity contribution >= 4 is 42.4 Å². The Morgan fingerprint density at radius 3 is 2.43 bits per heavy atom. The van der Waals surface area contributed by atoms with Crippen LogP contribution in [0.4, 0.5) is 9.52 Å². The van der Waals surface area contributed by atoms with Crippen LogP contribution in [0.15, 0.2) is 47.4 Å². The normalized spacial score (nSPS) is 11.9. The van der Waals surface area contributed by atoms with Crippen molar-refractivity contribution in [3.8, 4) is 0 Å². The van der Waals surface area contributed by atoms with Gasteiger partial charge in [-0.15, -0.1) is 0 Å². The lowest BCUT2D eigenvalue weighted by Crippen LogP contribution is -2.40. The first-order valence-corrected chi connectivity index (χ1v) is 12.0. The van der Waals surface area contributed by atoms with Crippen molar-refractivity contribution in [2.45, 2.75) is 18.2 Å². The van der Waals surface area contributed by atoms with Crippen LogP contribution in [0.1, 0.15) is 12.5 Å². The second kappa shape index (κ2) is 9.20. The summed E-state index contributed by atoms with van der Waals surface area (Å²) in [6, 6.07) is 10.4. The van der Waals surface area contributed by atoms with E-state index in [0.29, 0.717) is 18.2 Å². The Hall–Kier alpha value is -2.36. The highest BCUT2D eigenvalue weighted by Gasteiger charge is 2.26. The summed E-state index contributed by atoms with van der Waals surface area (Å²) in [5, 5.41) is 0.472. The zero-order chi connectivity index (χ0) is 21.9. The number of rotatable bonds is 8. The van der Waals surface area contributed by atoms with E-state index in [9.17, 15) is 17.6 Å². The molecule has 2 aromatic carbocycles. The number of likely N-dealkylation sites (N-methyl/N-ethyl adjacent to an activating group) is 1. The number of carbonyl (C=O) groups excluding carboxylic acids is 1. The molecular weight excluding hydrogens is 425 g/mol. The number of hydrogen-bond acceptors (Lipinski definition) is 6. The van der Waals surface area contributed by atoms with Crippen molar-refractivity contribution in [2.24, 2.45) is 0 Å². The van der Waals surface area contributed by atoms with E-state index in [-0.39, 0.29) is 4.90 Å². The lowest BCUT2D eigenvalue weighted by molar-refractivity contribution is -0.116. The molecule has 0 aliphatic heterocycles. The molecular formula is C21H24FN3O3S2. The molecule has 160 valence electrons. The number of hydrogen-bond donors (Lipinski definition) is 0. The van der Waals surface area contributed by atoms with Crippen molar-refractivity contribution in [2.75, 3.05) is 37.8 Å². The first-order chi connectivity index (χ1) is 14.2. The van der Waals surface area contributed by atoms with Crippen molar-refractivity contribution < 1.29 is 17.6 Å². The average Bonchev–Trinajstić information content (AvgIpc) is 3.10. The number of fused-ring (bicyclic) bond motifs is 1. The van der Waals surface area contributed by atoms with Gasteiger partial charge in [0.2, 0.25) is 5.91 Å². The van der Waals surface area contributed by atoms with Crippen LogP contribution in [0.2, 0.25) is 0 Å². The summed E-state index contributed by atoms with van der Waals surface area (Å²) in [7, 11) is -0.146. The summed E-state index contributed by atoms with van der Waals surface area (Å²) in [4.78, 5) is 20.9. The van der Waals surface area contributed by atoms with Crippen molar-refractivity contribution in [3.63, 3.8) is 0 Å². The predicted octanol–water partition coefficient (Wildman–Crippen LogP) is 3.37. The Morgan fingerprint density at radius 2 is 1.80 bits per heavy atom. The standard InChI is InChI=1S/C21H24FN3O3S2/c1-4-15-5-10-18-19(13-15)29-21(23-18)25(12-11-24(2)3)20(26)14-30(27,28)17-8-6-16(22)7-9-17/h5-10,13H,4,11-12,14H2,1-3H3. The Balaban J connectivity index is 1.91. The molecule has 1 amide bonds. The molecule has 0 aliphatic carbocycles. The van der Waals surface area contributed by atoms with Crippen molar-refractivity contribution in [1.82, 2.24) is 9.88 Å². The van der Waals surface area contributed by atoms with E-state index < -0.39 is 27.3 Å². The number of sulfone groups is 1. The Labute approximate surface area is 179 Å². The molecule has 0 saturated heterocycles. The highest BCUT2D eigenvalue weighted by Crippen LogP contribution is 2.30. The third-order valence-corrected chi connectivity index (χ3v) is 7.30. The molecule has 30 heavy (non-hydrogen) atoms. The van der Waals surface area contributed by atoms with Gasteiger partial charge >= 0.3 is 0 Å². The number of amides is 1. The van der Waals surface area contributed by atoms with Gasteiger partial charge in [0, 0.05) is 13.1 Å². The third-order valence-electron chi connectivity index (χ3n) is 4.64. The summed E-state index contributed by atoms with van der Waals surface area (Å²) in [5.41, 5.74) is 1.94. The number of aryl methyl sites for hydroxylation is 1. The summed E-state index contributed by atoms with van der Waals surface area (Å²) in [6.45, 7) is 2.93. The zero-order valence-corrected chi connectivity index (χ0v) is 18.8. The Morgan fingerprint density at radius 1 is 1.10 bits per heavy atom. The average molecular weight is 450 g/mol. The molecule has 0 atom stereocenters. The fourth-order valence-electron chi connectivity index (χ4n) is 2.88. The third kappa shape index (κ3) is 5.21. The van der Waals surface area contributed by atoms with E-state index in [1.54, 1.807) is 0 Å². The number of halogens is 1. The monoisotopic (exact) mass is 449 g/mol. The van der Waals surface area contributed by atoms with Gasteiger partial charge < -0.3 is 4.90 Å². The van der Waals surface area contributed by atoms with Gasteiger partial charge in [0.1, 0.15) is 11.6 Å². The number of thiazole rings is 1. The van der Waals surface area contributed by atoms with E-state index in [1.807, 2.05) is 37.2 Å². The maximum atomic E-state index is 13.1. The van der Waals surface area contributed by atoms with Gasteiger partial charge in [-0.05, 0) is 62.5 Å². The summed E-state index contributed by atoms with van der Waals surface area (Å²) < 4.78 is 39.5. The minimum atomic E-state index is -3.90. The van der Waals surface area contributed by atoms with Crippen molar-refractivity contribution in [1.29, 1.82) is 0 Å². The molecule has 0 spiro atoms. The van der Waals surface area contributed by atoms with E-state index in [1.165, 1.54) is 33.9 Å². The van der Waals surface area contributed by atoms with Crippen LogP contribution in [-0.4, -0.2) is 57.1 Å². The number of carbonyl (C=O) groups is 1. The molecule has 0 bridgehead atoms. The van der Waals surface area contributed by atoms with Gasteiger partial charge in [-0.2, -0.15) is 0 Å². The van der Waals surface area contributed by atoms with E-state index in [0.717, 1.165) is 28.8 Å². The molecule has 1 aromatic heterocycles. The minimum Gasteiger partial charge on any atom is -0.308 e. The zero-order valence-electron chi connectivity index (χ0n) is 17.1. The second-order valence-corrected chi connectivity index (χ2v) is 10.2. The van der Waals surface area contributed by atoms with Crippen LogP contribution < -0.4 is 4.90 Å². The quantitative estimate of drug-likeness (QED) is 0.493. The largest absolute Gasteiger partial charge is 0.308 e. The Bertz CT molecular complexity index is 1140. The van der Waals surface area contributed by atoms with Gasteiger partial charge in [-0.1, -0.05) is 24.3 Å². The smallest absolute Gasteiger partial charge is 0.244 e. The molecule has 0 saturated carbocycles. The maximum absolute atomic E-state index is 13.1. The summed E-state index contributed by atoms with van der Waals surface area (Å²) >= 11 is 1.37. The molecule has 0 radical (unpaired) electrons.